The lowest BCUT2D eigenvalue weighted by molar-refractivity contribution is 1.62. The Morgan fingerprint density at radius 1 is 0.0909 bits per heavy atom. The first-order valence-electron chi connectivity index (χ1n) is 38.1. The zero-order valence-corrected chi connectivity index (χ0v) is 60.6. The molecule has 0 spiro atoms. The minimum Gasteiger partial charge on any atom is -0.0622 e. The highest BCUT2D eigenvalue weighted by atomic mass is 14.3. The van der Waals surface area contributed by atoms with Gasteiger partial charge in [0, 0.05) is 0 Å². The molecule has 22 aromatic carbocycles. The molecule has 0 heteroatoms. The standard InChI is InChI=1S/C40H26.C36H24.C34H22/c1-3-15-27(16-4-1)37-33-23-11-13-25-35(33)39(36-26-14-12-24-34(36)37)40-32-22-10-8-20-30(32)29-19-7-9-21-31(29)38(40)28-17-5-2-6-18-28;1-2-12-26(13-3-1)35-31-17-6-8-19-33(31)36(34-20-9-7-18-32(34)35)30-16-10-15-28(24-30)29-22-21-25-11-4-5-14-27(25)23-29;1-2-12-23(13-3-1)33-28-18-8-10-20-30(28)34(31-21-11-9-19-29(31)33)32-22-24-14-4-5-15-25(24)26-16-6-7-17-27(26)32/h1-26H;1-24H;1-22H. The lowest BCUT2D eigenvalue weighted by Gasteiger charge is -2.23. The summed E-state index contributed by atoms with van der Waals surface area (Å²) in [6, 6.07) is 159. The average molecular weight is 1390 g/mol. The van der Waals surface area contributed by atoms with E-state index in [1.165, 1.54) is 208 Å². The molecule has 22 rings (SSSR count). The average Bonchev–Trinajstić information content (AvgIpc) is 0.723. The highest BCUT2D eigenvalue weighted by molar-refractivity contribution is 6.31. The second-order valence-corrected chi connectivity index (χ2v) is 28.7. The minimum atomic E-state index is 1.23. The summed E-state index contributed by atoms with van der Waals surface area (Å²) < 4.78 is 0. The second-order valence-electron chi connectivity index (χ2n) is 28.7. The van der Waals surface area contributed by atoms with Gasteiger partial charge in [-0.05, 0) is 226 Å². The lowest BCUT2D eigenvalue weighted by atomic mass is 9.80. The molecule has 0 saturated heterocycles. The van der Waals surface area contributed by atoms with Gasteiger partial charge >= 0.3 is 0 Å². The molecular weight excluding hydrogens is 1320 g/mol. The van der Waals surface area contributed by atoms with Crippen molar-refractivity contribution >= 4 is 118 Å². The molecule has 0 aliphatic heterocycles. The van der Waals surface area contributed by atoms with E-state index in [2.05, 4.69) is 437 Å². The van der Waals surface area contributed by atoms with Crippen molar-refractivity contribution in [1.82, 2.24) is 0 Å². The zero-order valence-electron chi connectivity index (χ0n) is 60.6. The summed E-state index contributed by atoms with van der Waals surface area (Å²) in [6.07, 6.45) is 0. The summed E-state index contributed by atoms with van der Waals surface area (Å²) in [7, 11) is 0. The van der Waals surface area contributed by atoms with Crippen molar-refractivity contribution in [3.05, 3.63) is 437 Å². The largest absolute Gasteiger partial charge is 0.0622 e. The molecule has 110 heavy (non-hydrogen) atoms. The van der Waals surface area contributed by atoms with Crippen LogP contribution in [0.15, 0.2) is 437 Å². The molecule has 0 aromatic heterocycles. The molecule has 22 aromatic rings. The predicted octanol–water partition coefficient (Wildman–Crippen LogP) is 31.1. The third-order valence-corrected chi connectivity index (χ3v) is 22.5. The van der Waals surface area contributed by atoms with E-state index in [-0.39, 0.29) is 0 Å². The number of hydrogen-bond donors (Lipinski definition) is 0. The van der Waals surface area contributed by atoms with Crippen LogP contribution in [-0.2, 0) is 0 Å². The molecule has 0 bridgehead atoms. The Balaban J connectivity index is 0.000000108. The zero-order chi connectivity index (χ0) is 72.9. The second kappa shape index (κ2) is 28.2. The van der Waals surface area contributed by atoms with Gasteiger partial charge in [0.05, 0.1) is 0 Å². The van der Waals surface area contributed by atoms with E-state index in [1.54, 1.807) is 0 Å². The summed E-state index contributed by atoms with van der Waals surface area (Å²) >= 11 is 0. The summed E-state index contributed by atoms with van der Waals surface area (Å²) in [6.45, 7) is 0. The monoisotopic (exact) mass is 1390 g/mol. The van der Waals surface area contributed by atoms with E-state index >= 15 is 0 Å². The molecule has 0 fully saturated rings. The third kappa shape index (κ3) is 11.4. The maximum atomic E-state index is 2.38. The fourth-order valence-corrected chi connectivity index (χ4v) is 17.8. The first-order valence-corrected chi connectivity index (χ1v) is 38.1. The molecule has 512 valence electrons. The summed E-state index contributed by atoms with van der Waals surface area (Å²) in [5.74, 6) is 0. The first-order chi connectivity index (χ1) is 54.7. The van der Waals surface area contributed by atoms with Crippen molar-refractivity contribution in [1.29, 1.82) is 0 Å². The highest BCUT2D eigenvalue weighted by Gasteiger charge is 2.25. The van der Waals surface area contributed by atoms with Crippen molar-refractivity contribution < 1.29 is 0 Å². The van der Waals surface area contributed by atoms with Crippen molar-refractivity contribution in [2.24, 2.45) is 0 Å². The fraction of sp³-hybridized carbons (Fsp3) is 0. The Morgan fingerprint density at radius 3 is 0.736 bits per heavy atom. The third-order valence-electron chi connectivity index (χ3n) is 22.5. The Morgan fingerprint density at radius 2 is 0.336 bits per heavy atom. The van der Waals surface area contributed by atoms with Crippen LogP contribution in [0.4, 0.5) is 0 Å². The number of hydrogen-bond acceptors (Lipinski definition) is 0. The number of rotatable bonds is 8. The Hall–Kier alpha value is -14.3. The quantitative estimate of drug-likeness (QED) is 0.105. The van der Waals surface area contributed by atoms with Crippen molar-refractivity contribution in [2.75, 3.05) is 0 Å². The van der Waals surface area contributed by atoms with Crippen LogP contribution in [0.2, 0.25) is 0 Å². The maximum absolute atomic E-state index is 2.38. The van der Waals surface area contributed by atoms with Gasteiger partial charge in [0.2, 0.25) is 0 Å². The Labute approximate surface area is 640 Å². The summed E-state index contributed by atoms with van der Waals surface area (Å²) in [5.41, 5.74) is 20.4. The van der Waals surface area contributed by atoms with Gasteiger partial charge < -0.3 is 0 Å². The van der Waals surface area contributed by atoms with E-state index < -0.39 is 0 Å². The minimum absolute atomic E-state index is 1.23. The van der Waals surface area contributed by atoms with Crippen LogP contribution in [0.5, 0.6) is 0 Å². The normalized spacial score (nSPS) is 11.5. The van der Waals surface area contributed by atoms with E-state index in [1.807, 2.05) is 0 Å². The highest BCUT2D eigenvalue weighted by Crippen LogP contribution is 2.53. The van der Waals surface area contributed by atoms with Crippen LogP contribution in [0.25, 0.3) is 208 Å². The van der Waals surface area contributed by atoms with E-state index in [4.69, 9.17) is 0 Å². The van der Waals surface area contributed by atoms with Gasteiger partial charge in [0.15, 0.2) is 0 Å². The van der Waals surface area contributed by atoms with Crippen LogP contribution in [0.1, 0.15) is 0 Å². The van der Waals surface area contributed by atoms with Gasteiger partial charge in [-0.3, -0.25) is 0 Å². The van der Waals surface area contributed by atoms with Crippen molar-refractivity contribution in [2.45, 2.75) is 0 Å². The van der Waals surface area contributed by atoms with Crippen molar-refractivity contribution in [3.63, 3.8) is 0 Å². The molecule has 0 radical (unpaired) electrons. The SMILES string of the molecule is c1ccc(-c2c3ccccc3c(-c3c(-c4ccccc4)c4ccccc4c4ccccc34)c3ccccc23)cc1.c1ccc(-c2c3ccccc3c(-c3cc4ccccc4c4ccccc34)c3ccccc23)cc1.c1ccc(-c2c3ccccc3c(-c3cccc(-c4ccc5ccccc5c4)c3)c3ccccc23)cc1. The Bertz CT molecular complexity index is 7130. The van der Waals surface area contributed by atoms with Gasteiger partial charge in [-0.2, -0.15) is 0 Å². The summed E-state index contributed by atoms with van der Waals surface area (Å²) in [5, 5.41) is 28.3. The molecule has 0 aliphatic rings. The maximum Gasteiger partial charge on any atom is -0.000786 e. The lowest BCUT2D eigenvalue weighted by Crippen LogP contribution is -1.95. The van der Waals surface area contributed by atoms with E-state index in [0.717, 1.165) is 0 Å². The molecule has 0 atom stereocenters. The van der Waals surface area contributed by atoms with Crippen LogP contribution in [0.3, 0.4) is 0 Å². The van der Waals surface area contributed by atoms with E-state index in [9.17, 15) is 0 Å². The predicted molar refractivity (Wildman–Crippen MR) is 475 cm³/mol. The van der Waals surface area contributed by atoms with Gasteiger partial charge in [0.25, 0.3) is 0 Å². The van der Waals surface area contributed by atoms with E-state index in [0.29, 0.717) is 0 Å². The molecule has 0 N–H and O–H groups in total. The molecule has 0 heterocycles. The molecule has 0 unspecified atom stereocenters. The van der Waals surface area contributed by atoms with Crippen molar-refractivity contribution in [3.8, 4) is 89.0 Å². The molecule has 0 amide bonds. The fourth-order valence-electron chi connectivity index (χ4n) is 17.8. The van der Waals surface area contributed by atoms with Crippen LogP contribution in [0, 0.1) is 0 Å². The van der Waals surface area contributed by atoms with Gasteiger partial charge in [-0.1, -0.05) is 419 Å². The molecular formula is C110H72. The molecule has 0 saturated carbocycles. The summed E-state index contributed by atoms with van der Waals surface area (Å²) in [4.78, 5) is 0. The topological polar surface area (TPSA) is 0 Å². The smallest absolute Gasteiger partial charge is 0.000786 e. The molecule has 0 aliphatic carbocycles. The van der Waals surface area contributed by atoms with Crippen LogP contribution in [-0.4, -0.2) is 0 Å². The first kappa shape index (κ1) is 65.2. The number of benzene rings is 22. The van der Waals surface area contributed by atoms with Gasteiger partial charge in [-0.15, -0.1) is 0 Å². The Kier molecular flexibility index (Phi) is 16.7. The van der Waals surface area contributed by atoms with Crippen LogP contribution < -0.4 is 0 Å². The molecule has 0 nitrogen and oxygen atoms in total. The number of fused-ring (bicyclic) bond motifs is 13. The van der Waals surface area contributed by atoms with Gasteiger partial charge in [0.1, 0.15) is 0 Å². The van der Waals surface area contributed by atoms with Gasteiger partial charge in [-0.25, -0.2) is 0 Å². The van der Waals surface area contributed by atoms with Crippen LogP contribution >= 0.6 is 0 Å².